The van der Waals surface area contributed by atoms with E-state index in [4.69, 9.17) is 13.0 Å². The maximum atomic E-state index is 10.7. The number of fused-ring (bicyclic) bond motifs is 5. The number of anilines is 1. The average molecular weight is 572 g/mol. The lowest BCUT2D eigenvalue weighted by Crippen LogP contribution is -2.39. The summed E-state index contributed by atoms with van der Waals surface area (Å²) < 4.78 is 63.6. The number of nitrogens with one attached hydrogen (secondary N) is 1. The Kier molecular flexibility index (Phi) is 7.64. The first-order valence-corrected chi connectivity index (χ1v) is 14.1. The number of pyridine rings is 2. The predicted octanol–water partition coefficient (Wildman–Crippen LogP) is 7.18. The predicted molar refractivity (Wildman–Crippen MR) is 151 cm³/mol. The maximum absolute atomic E-state index is 10.7. The van der Waals surface area contributed by atoms with Crippen molar-refractivity contribution < 1.29 is 30.5 Å². The quantitative estimate of drug-likeness (QED) is 0.141. The Hall–Kier alpha value is -3.63. The third-order valence-corrected chi connectivity index (χ3v) is 6.85. The number of aromatic nitrogens is 2. The van der Waals surface area contributed by atoms with E-state index in [-0.39, 0.29) is 11.0 Å². The normalized spacial score (nSPS) is 12.9. The Morgan fingerprint density at radius 1 is 0.875 bits per heavy atom. The van der Waals surface area contributed by atoms with Gasteiger partial charge in [0.1, 0.15) is 5.69 Å². The van der Waals surface area contributed by atoms with Crippen LogP contribution < -0.4 is 9.72 Å². The molecule has 2 aromatic carbocycles. The van der Waals surface area contributed by atoms with Crippen molar-refractivity contribution in [3.8, 4) is 11.3 Å². The van der Waals surface area contributed by atoms with Crippen LogP contribution in [0, 0.1) is 5.41 Å². The molecule has 5 rings (SSSR count). The molecule has 0 fully saturated rings. The smallest absolute Gasteiger partial charge is 0.485 e. The van der Waals surface area contributed by atoms with E-state index in [2.05, 4.69) is 134 Å². The molecule has 0 radical (unpaired) electrons. The fourth-order valence-corrected chi connectivity index (χ4v) is 5.31. The van der Waals surface area contributed by atoms with Crippen molar-refractivity contribution in [1.82, 2.24) is 4.40 Å². The van der Waals surface area contributed by atoms with Gasteiger partial charge in [0.25, 0.3) is 5.82 Å². The van der Waals surface area contributed by atoms with Crippen LogP contribution in [0.3, 0.4) is 0 Å². The van der Waals surface area contributed by atoms with E-state index in [1.807, 2.05) is 0 Å². The number of alkyl halides is 3. The fourth-order valence-electron chi connectivity index (χ4n) is 5.31. The zero-order chi connectivity index (χ0) is 29.5. The molecule has 212 valence electrons. The lowest BCUT2D eigenvalue weighted by molar-refractivity contribution is -0.494. The third-order valence-electron chi connectivity index (χ3n) is 6.29. The lowest BCUT2D eigenvalue weighted by atomic mass is 9.82. The van der Waals surface area contributed by atoms with E-state index >= 15 is 0 Å². The van der Waals surface area contributed by atoms with Gasteiger partial charge in [-0.25, -0.2) is 17.2 Å². The number of imidazole rings is 1. The first-order chi connectivity index (χ1) is 18.5. The minimum absolute atomic E-state index is 0.0697. The largest absolute Gasteiger partial charge is 0.741 e. The van der Waals surface area contributed by atoms with E-state index in [9.17, 15) is 13.2 Å². The van der Waals surface area contributed by atoms with Crippen molar-refractivity contribution in [3.63, 3.8) is 0 Å². The molecular formula is C30H32F3N3O3S. The van der Waals surface area contributed by atoms with Gasteiger partial charge in [-0.2, -0.15) is 13.2 Å². The Bertz CT molecular complexity index is 1770. The third kappa shape index (κ3) is 6.23. The van der Waals surface area contributed by atoms with Gasteiger partial charge in [0.05, 0.1) is 11.7 Å². The fraction of sp³-hybridized carbons (Fsp3) is 0.300. The summed E-state index contributed by atoms with van der Waals surface area (Å²) in [5.74, 6) is 1.14. The van der Waals surface area contributed by atoms with E-state index < -0.39 is 15.6 Å². The second-order valence-corrected chi connectivity index (χ2v) is 13.0. The van der Waals surface area contributed by atoms with Crippen molar-refractivity contribution in [2.75, 3.05) is 5.32 Å². The number of nitrogens with zero attached hydrogens (tertiary/aromatic N) is 2. The minimum atomic E-state index is -6.09. The summed E-state index contributed by atoms with van der Waals surface area (Å²) in [4.78, 5) is 0. The summed E-state index contributed by atoms with van der Waals surface area (Å²) in [5.41, 5.74) is -0.706. The number of hydrogen-bond donors (Lipinski definition) is 1. The summed E-state index contributed by atoms with van der Waals surface area (Å²) in [6.07, 6.45) is 3.23. The second kappa shape index (κ2) is 10.4. The van der Waals surface area contributed by atoms with Crippen molar-refractivity contribution >= 4 is 37.9 Å². The molecule has 0 aliphatic carbocycles. The molecule has 3 aromatic heterocycles. The molecule has 1 N–H and O–H groups in total. The SMILES string of the molecule is CC(C)(C)CC(C)(C)Nc1c2c3ccccc3cc(-c3ccccc3)n2c2cccc[n+]12.O=S(=O)([O-])C(F)(F)F. The van der Waals surface area contributed by atoms with Crippen LogP contribution in [0.4, 0.5) is 19.0 Å². The molecule has 0 saturated carbocycles. The summed E-state index contributed by atoms with van der Waals surface area (Å²) in [7, 11) is -6.09. The van der Waals surface area contributed by atoms with Crippen molar-refractivity contribution in [2.45, 2.75) is 52.1 Å². The molecule has 10 heteroatoms. The molecule has 5 aromatic rings. The van der Waals surface area contributed by atoms with E-state index in [1.54, 1.807) is 0 Å². The first-order valence-electron chi connectivity index (χ1n) is 12.7. The number of halogens is 3. The van der Waals surface area contributed by atoms with Crippen LogP contribution >= 0.6 is 0 Å². The lowest BCUT2D eigenvalue weighted by Gasteiger charge is -2.31. The van der Waals surface area contributed by atoms with E-state index in [0.717, 1.165) is 17.9 Å². The molecule has 0 atom stereocenters. The summed E-state index contributed by atoms with van der Waals surface area (Å²) in [5, 5.41) is 6.46. The monoisotopic (exact) mass is 571 g/mol. The van der Waals surface area contributed by atoms with Crippen molar-refractivity contribution in [1.29, 1.82) is 0 Å². The van der Waals surface area contributed by atoms with Gasteiger partial charge in [-0.15, -0.1) is 0 Å². The number of benzene rings is 2. The summed E-state index contributed by atoms with van der Waals surface area (Å²) >= 11 is 0. The van der Waals surface area contributed by atoms with E-state index in [1.165, 1.54) is 27.5 Å². The number of hydrogen-bond acceptors (Lipinski definition) is 4. The molecule has 0 unspecified atom stereocenters. The maximum Gasteiger partial charge on any atom is 0.485 e. The topological polar surface area (TPSA) is 77.7 Å². The van der Waals surface area contributed by atoms with Gasteiger partial charge in [-0.05, 0) is 43.2 Å². The zero-order valence-electron chi connectivity index (χ0n) is 23.0. The van der Waals surface area contributed by atoms with Crippen LogP contribution in [0.15, 0.2) is 85.1 Å². The van der Waals surface area contributed by atoms with Gasteiger partial charge in [0, 0.05) is 17.0 Å². The average Bonchev–Trinajstić information content (AvgIpc) is 3.16. The first kappa shape index (κ1) is 29.4. The Morgan fingerprint density at radius 2 is 1.45 bits per heavy atom. The van der Waals surface area contributed by atoms with Crippen molar-refractivity contribution in [3.05, 3.63) is 85.1 Å². The van der Waals surface area contributed by atoms with Gasteiger partial charge in [0.2, 0.25) is 5.65 Å². The van der Waals surface area contributed by atoms with Crippen LogP contribution in [-0.2, 0) is 10.1 Å². The highest BCUT2D eigenvalue weighted by Crippen LogP contribution is 2.36. The Labute approximate surface area is 231 Å². The standard InChI is InChI=1S/C29H32N3.CHF3O3S/c1-28(2,3)20-29(4,5)30-27-26-23-16-10-9-15-22(23)19-24(21-13-7-6-8-14-21)32(26)25-17-11-12-18-31(25)27;2-1(3,4)8(5,6)7/h6-19,30H,20H2,1-5H3;(H,5,6,7)/q+1;/p-1. The molecule has 0 aliphatic heterocycles. The molecule has 0 bridgehead atoms. The second-order valence-electron chi connectivity index (χ2n) is 11.6. The molecular weight excluding hydrogens is 539 g/mol. The Balaban J connectivity index is 0.000000406. The van der Waals surface area contributed by atoms with Gasteiger partial charge < -0.3 is 4.55 Å². The zero-order valence-corrected chi connectivity index (χ0v) is 23.8. The van der Waals surface area contributed by atoms with E-state index in [0.29, 0.717) is 0 Å². The molecule has 0 aliphatic rings. The summed E-state index contributed by atoms with van der Waals surface area (Å²) in [6, 6.07) is 28.2. The van der Waals surface area contributed by atoms with Crippen LogP contribution in [-0.4, -0.2) is 28.4 Å². The van der Waals surface area contributed by atoms with Gasteiger partial charge in [-0.3, -0.25) is 5.32 Å². The van der Waals surface area contributed by atoms with Crippen LogP contribution in [0.2, 0.25) is 0 Å². The van der Waals surface area contributed by atoms with Gasteiger partial charge in [0.15, 0.2) is 15.6 Å². The van der Waals surface area contributed by atoms with Gasteiger partial charge in [-0.1, -0.05) is 81.4 Å². The molecule has 40 heavy (non-hydrogen) atoms. The molecule has 0 saturated heterocycles. The van der Waals surface area contributed by atoms with Crippen LogP contribution in [0.5, 0.6) is 0 Å². The highest BCUT2D eigenvalue weighted by molar-refractivity contribution is 7.86. The van der Waals surface area contributed by atoms with Crippen LogP contribution in [0.1, 0.15) is 41.0 Å². The molecule has 0 spiro atoms. The Morgan fingerprint density at radius 3 is 2.05 bits per heavy atom. The highest BCUT2D eigenvalue weighted by Gasteiger charge is 2.37. The minimum Gasteiger partial charge on any atom is -0.741 e. The summed E-state index contributed by atoms with van der Waals surface area (Å²) in [6.45, 7) is 11.5. The number of rotatable bonds is 4. The molecule has 0 amide bonds. The van der Waals surface area contributed by atoms with Crippen molar-refractivity contribution in [2.24, 2.45) is 5.41 Å². The molecule has 3 heterocycles. The molecule has 6 nitrogen and oxygen atoms in total. The van der Waals surface area contributed by atoms with Crippen LogP contribution in [0.25, 0.3) is 33.2 Å². The highest BCUT2D eigenvalue weighted by atomic mass is 32.2. The van der Waals surface area contributed by atoms with Gasteiger partial charge >= 0.3 is 5.51 Å².